The first-order valence-electron chi connectivity index (χ1n) is 3.59. The summed E-state index contributed by atoms with van der Waals surface area (Å²) in [6.07, 6.45) is 0.562. The van der Waals surface area contributed by atoms with Crippen LogP contribution in [0.5, 0.6) is 0 Å². The van der Waals surface area contributed by atoms with Gasteiger partial charge in [-0.3, -0.25) is 0 Å². The molecular weight excluding hydrogens is 150 g/mol. The molecule has 5 nitrogen and oxygen atoms in total. The van der Waals surface area contributed by atoms with E-state index >= 15 is 0 Å². The van der Waals surface area contributed by atoms with Crippen molar-refractivity contribution in [1.29, 1.82) is 0 Å². The van der Waals surface area contributed by atoms with E-state index in [9.17, 15) is 10.1 Å². The Morgan fingerprint density at radius 2 is 2.18 bits per heavy atom. The lowest BCUT2D eigenvalue weighted by molar-refractivity contribution is -0.759. The molecule has 0 saturated heterocycles. The molecule has 0 aromatic rings. The summed E-state index contributed by atoms with van der Waals surface area (Å²) in [5, 5.41) is 8.95. The van der Waals surface area contributed by atoms with Crippen LogP contribution in [-0.4, -0.2) is 24.4 Å². The van der Waals surface area contributed by atoms with Gasteiger partial charge in [-0.05, 0) is 13.3 Å². The van der Waals surface area contributed by atoms with E-state index in [0.717, 1.165) is 6.42 Å². The Kier molecular flexibility index (Phi) is 5.46. The van der Waals surface area contributed by atoms with Crippen LogP contribution >= 0.6 is 0 Å². The van der Waals surface area contributed by atoms with Crippen LogP contribution in [0.15, 0.2) is 0 Å². The number of hydrogen-bond donors (Lipinski definition) is 0. The summed E-state index contributed by atoms with van der Waals surface area (Å²) in [5.74, 6) is 0. The van der Waals surface area contributed by atoms with E-state index in [-0.39, 0.29) is 12.7 Å². The normalized spacial score (nSPS) is 12.5. The van der Waals surface area contributed by atoms with Crippen molar-refractivity contribution in [3.8, 4) is 0 Å². The molecule has 11 heavy (non-hydrogen) atoms. The molecule has 0 aliphatic heterocycles. The minimum atomic E-state index is -0.804. The van der Waals surface area contributed by atoms with Crippen molar-refractivity contribution in [2.75, 3.05) is 13.2 Å². The minimum Gasteiger partial charge on any atom is -0.377 e. The Bertz CT molecular complexity index is 117. The fourth-order valence-electron chi connectivity index (χ4n) is 0.664. The van der Waals surface area contributed by atoms with Gasteiger partial charge in [-0.1, -0.05) is 6.92 Å². The number of nitrogens with zero attached hydrogens (tertiary/aromatic N) is 1. The van der Waals surface area contributed by atoms with Crippen LogP contribution in [-0.2, 0) is 9.57 Å². The van der Waals surface area contributed by atoms with Gasteiger partial charge >= 0.3 is 0 Å². The summed E-state index contributed by atoms with van der Waals surface area (Å²) in [5.41, 5.74) is 0. The van der Waals surface area contributed by atoms with Crippen LogP contribution in [0.1, 0.15) is 20.3 Å². The van der Waals surface area contributed by atoms with E-state index in [0.29, 0.717) is 6.61 Å². The molecule has 0 bridgehead atoms. The Labute approximate surface area is 65.4 Å². The van der Waals surface area contributed by atoms with Crippen molar-refractivity contribution in [2.45, 2.75) is 26.4 Å². The van der Waals surface area contributed by atoms with E-state index in [2.05, 4.69) is 4.84 Å². The monoisotopic (exact) mass is 163 g/mol. The molecule has 5 heteroatoms. The molecule has 1 unspecified atom stereocenters. The third-order valence-electron chi connectivity index (χ3n) is 1.22. The molecule has 0 aliphatic rings. The molecule has 1 atom stereocenters. The van der Waals surface area contributed by atoms with Gasteiger partial charge in [-0.15, -0.1) is 10.1 Å². The summed E-state index contributed by atoms with van der Waals surface area (Å²) in [6.45, 7) is 4.31. The van der Waals surface area contributed by atoms with Gasteiger partial charge in [0.15, 0.2) is 0 Å². The average Bonchev–Trinajstić information content (AvgIpc) is 1.97. The summed E-state index contributed by atoms with van der Waals surface area (Å²) >= 11 is 0. The number of hydrogen-bond acceptors (Lipinski definition) is 4. The maximum absolute atomic E-state index is 9.75. The van der Waals surface area contributed by atoms with Crippen molar-refractivity contribution in [2.24, 2.45) is 0 Å². The molecule has 0 saturated carbocycles. The molecule has 0 aliphatic carbocycles. The van der Waals surface area contributed by atoms with E-state index < -0.39 is 5.09 Å². The Morgan fingerprint density at radius 3 is 2.55 bits per heavy atom. The van der Waals surface area contributed by atoms with Crippen molar-refractivity contribution >= 4 is 0 Å². The van der Waals surface area contributed by atoms with Gasteiger partial charge in [-0.2, -0.15) is 0 Å². The third kappa shape index (κ3) is 5.60. The third-order valence-corrected chi connectivity index (χ3v) is 1.22. The second kappa shape index (κ2) is 5.91. The zero-order chi connectivity index (χ0) is 8.69. The smallest absolute Gasteiger partial charge is 0.294 e. The van der Waals surface area contributed by atoms with Gasteiger partial charge in [0.2, 0.25) is 0 Å². The van der Waals surface area contributed by atoms with Crippen molar-refractivity contribution in [3.05, 3.63) is 10.1 Å². The molecule has 0 spiro atoms. The first-order valence-corrected chi connectivity index (χ1v) is 3.59. The number of rotatable bonds is 6. The van der Waals surface area contributed by atoms with Crippen LogP contribution in [0.3, 0.4) is 0 Å². The molecule has 0 fully saturated rings. The highest BCUT2D eigenvalue weighted by atomic mass is 17.0. The van der Waals surface area contributed by atoms with Crippen molar-refractivity contribution < 1.29 is 14.7 Å². The Hall–Kier alpha value is -0.840. The van der Waals surface area contributed by atoms with Gasteiger partial charge < -0.3 is 9.57 Å². The SMILES string of the molecule is CCOC(CC)CO[N+](=O)[O-]. The molecule has 0 radical (unpaired) electrons. The molecule has 0 heterocycles. The minimum absolute atomic E-state index is 0.0251. The lowest BCUT2D eigenvalue weighted by Gasteiger charge is -2.12. The van der Waals surface area contributed by atoms with E-state index in [1.54, 1.807) is 0 Å². The highest BCUT2D eigenvalue weighted by Crippen LogP contribution is 1.97. The summed E-state index contributed by atoms with van der Waals surface area (Å²) in [6, 6.07) is 0. The van der Waals surface area contributed by atoms with E-state index in [1.165, 1.54) is 0 Å². The maximum atomic E-state index is 9.75. The first kappa shape index (κ1) is 10.2. The van der Waals surface area contributed by atoms with Gasteiger partial charge in [-0.25, -0.2) is 0 Å². The second-order valence-electron chi connectivity index (χ2n) is 2.00. The molecule has 66 valence electrons. The van der Waals surface area contributed by atoms with Crippen LogP contribution < -0.4 is 0 Å². The zero-order valence-corrected chi connectivity index (χ0v) is 6.78. The quantitative estimate of drug-likeness (QED) is 0.433. The Balaban J connectivity index is 3.43. The standard InChI is InChI=1S/C6H13NO4/c1-3-6(10-4-2)5-11-7(8)9/h6H,3-5H2,1-2H3. The second-order valence-corrected chi connectivity index (χ2v) is 2.00. The molecule has 0 rings (SSSR count). The molecule has 0 amide bonds. The molecule has 0 aromatic carbocycles. The largest absolute Gasteiger partial charge is 0.377 e. The average molecular weight is 163 g/mol. The lowest BCUT2D eigenvalue weighted by atomic mass is 10.3. The molecule has 0 aromatic heterocycles. The lowest BCUT2D eigenvalue weighted by Crippen LogP contribution is -2.20. The van der Waals surface area contributed by atoms with Crippen LogP contribution in [0.2, 0.25) is 0 Å². The fraction of sp³-hybridized carbons (Fsp3) is 1.00. The van der Waals surface area contributed by atoms with Gasteiger partial charge in [0.1, 0.15) is 6.61 Å². The predicted octanol–water partition coefficient (Wildman–Crippen LogP) is 1.01. The van der Waals surface area contributed by atoms with Gasteiger partial charge in [0.05, 0.1) is 6.10 Å². The van der Waals surface area contributed by atoms with E-state index in [4.69, 9.17) is 4.74 Å². The van der Waals surface area contributed by atoms with Gasteiger partial charge in [0, 0.05) is 6.61 Å². The van der Waals surface area contributed by atoms with Crippen molar-refractivity contribution in [1.82, 2.24) is 0 Å². The summed E-state index contributed by atoms with van der Waals surface area (Å²) in [7, 11) is 0. The van der Waals surface area contributed by atoms with Gasteiger partial charge in [0.25, 0.3) is 5.09 Å². The zero-order valence-electron chi connectivity index (χ0n) is 6.78. The highest BCUT2D eigenvalue weighted by Gasteiger charge is 2.07. The number of ether oxygens (including phenoxy) is 1. The first-order chi connectivity index (χ1) is 5.20. The van der Waals surface area contributed by atoms with Crippen LogP contribution in [0, 0.1) is 10.1 Å². The van der Waals surface area contributed by atoms with Crippen molar-refractivity contribution in [3.63, 3.8) is 0 Å². The summed E-state index contributed by atoms with van der Waals surface area (Å²) < 4.78 is 5.11. The Morgan fingerprint density at radius 1 is 1.55 bits per heavy atom. The summed E-state index contributed by atoms with van der Waals surface area (Å²) in [4.78, 5) is 13.9. The fourth-order valence-corrected chi connectivity index (χ4v) is 0.664. The molecule has 0 N–H and O–H groups in total. The topological polar surface area (TPSA) is 61.6 Å². The van der Waals surface area contributed by atoms with E-state index in [1.807, 2.05) is 13.8 Å². The van der Waals surface area contributed by atoms with Crippen LogP contribution in [0.25, 0.3) is 0 Å². The predicted molar refractivity (Wildman–Crippen MR) is 38.7 cm³/mol. The highest BCUT2D eigenvalue weighted by molar-refractivity contribution is 4.50. The van der Waals surface area contributed by atoms with Crippen LogP contribution in [0.4, 0.5) is 0 Å². The molecular formula is C6H13NO4. The maximum Gasteiger partial charge on any atom is 0.294 e.